The zero-order valence-corrected chi connectivity index (χ0v) is 17.0. The Balaban J connectivity index is 3.44. The van der Waals surface area contributed by atoms with Gasteiger partial charge in [-0.3, -0.25) is 9.59 Å². The first-order chi connectivity index (χ1) is 11.4. The molecule has 0 spiro atoms. The van der Waals surface area contributed by atoms with Gasteiger partial charge in [0.15, 0.2) is 8.32 Å². The molecule has 0 saturated carbocycles. The third kappa shape index (κ3) is 6.44. The first kappa shape index (κ1) is 21.1. The number of ether oxygens (including phenoxy) is 1. The number of carbonyl (C=O) groups is 2. The summed E-state index contributed by atoms with van der Waals surface area (Å²) in [6, 6.07) is 9.00. The topological polar surface area (TPSA) is 76.4 Å². The normalized spacial score (nSPS) is 14.3. The van der Waals surface area contributed by atoms with Gasteiger partial charge in [0.2, 0.25) is 0 Å². The fourth-order valence-corrected chi connectivity index (χ4v) is 3.43. The van der Waals surface area contributed by atoms with E-state index in [2.05, 4.69) is 6.07 Å². The second kappa shape index (κ2) is 7.94. The van der Waals surface area contributed by atoms with E-state index in [0.717, 1.165) is 0 Å². The summed E-state index contributed by atoms with van der Waals surface area (Å²) in [5.41, 5.74) is 0.211. The van der Waals surface area contributed by atoms with Gasteiger partial charge < -0.3 is 9.16 Å². The number of rotatable bonds is 6. The van der Waals surface area contributed by atoms with Gasteiger partial charge in [-0.25, -0.2) is 0 Å². The van der Waals surface area contributed by atoms with E-state index in [9.17, 15) is 14.9 Å². The van der Waals surface area contributed by atoms with Gasteiger partial charge in [0.05, 0.1) is 17.7 Å². The summed E-state index contributed by atoms with van der Waals surface area (Å²) >= 11 is 0. The standard InChI is InChI=1S/C19H27NO4Si/c1-13(21)16(18(22)23-19(2,3)4)17(24-25(5,6)7)15-11-9-8-10-14(15)12-20/h8-11,16-17H,1-7H3/t16-,17+/m0/s1. The average Bonchev–Trinajstić information content (AvgIpc) is 2.42. The Morgan fingerprint density at radius 2 is 1.72 bits per heavy atom. The summed E-state index contributed by atoms with van der Waals surface area (Å²) in [5.74, 6) is -2.08. The van der Waals surface area contributed by atoms with Crippen molar-refractivity contribution in [2.75, 3.05) is 0 Å². The molecule has 0 unspecified atom stereocenters. The molecule has 0 amide bonds. The van der Waals surface area contributed by atoms with Crippen molar-refractivity contribution in [3.8, 4) is 6.07 Å². The maximum Gasteiger partial charge on any atom is 0.319 e. The van der Waals surface area contributed by atoms with Gasteiger partial charge >= 0.3 is 5.97 Å². The fourth-order valence-electron chi connectivity index (χ4n) is 2.41. The van der Waals surface area contributed by atoms with Crippen LogP contribution >= 0.6 is 0 Å². The lowest BCUT2D eigenvalue weighted by atomic mass is 9.90. The number of ketones is 1. The highest BCUT2D eigenvalue weighted by atomic mass is 28.4. The lowest BCUT2D eigenvalue weighted by molar-refractivity contribution is -0.165. The molecule has 0 radical (unpaired) electrons. The number of nitriles is 1. The van der Waals surface area contributed by atoms with Gasteiger partial charge in [0.1, 0.15) is 17.3 Å². The highest BCUT2D eigenvalue weighted by molar-refractivity contribution is 6.69. The molecule has 25 heavy (non-hydrogen) atoms. The highest BCUT2D eigenvalue weighted by Crippen LogP contribution is 2.34. The van der Waals surface area contributed by atoms with E-state index in [4.69, 9.17) is 9.16 Å². The largest absolute Gasteiger partial charge is 0.459 e. The van der Waals surface area contributed by atoms with E-state index < -0.39 is 31.9 Å². The summed E-state index contributed by atoms with van der Waals surface area (Å²) in [6.07, 6.45) is -0.838. The molecule has 0 aliphatic heterocycles. The van der Waals surface area contributed by atoms with E-state index in [-0.39, 0.29) is 5.78 Å². The SMILES string of the molecule is CC(=O)[C@H](C(=O)OC(C)(C)C)[C@H](O[Si](C)(C)C)c1ccccc1C#N. The van der Waals surface area contributed by atoms with E-state index in [0.29, 0.717) is 11.1 Å². The minimum atomic E-state index is -2.12. The molecule has 0 bridgehead atoms. The lowest BCUT2D eigenvalue weighted by Crippen LogP contribution is -2.40. The Hall–Kier alpha value is -1.97. The molecule has 136 valence electrons. The molecule has 2 atom stereocenters. The number of carbonyl (C=O) groups excluding carboxylic acids is 2. The minimum absolute atomic E-state index is 0.342. The second-order valence-corrected chi connectivity index (χ2v) is 12.4. The van der Waals surface area contributed by atoms with E-state index in [1.807, 2.05) is 19.6 Å². The molecule has 0 N–H and O–H groups in total. The molecule has 0 saturated heterocycles. The smallest absolute Gasteiger partial charge is 0.319 e. The fraction of sp³-hybridized carbons (Fsp3) is 0.526. The molecule has 1 rings (SSSR count). The molecular formula is C19H27NO4Si. The van der Waals surface area contributed by atoms with Crippen LogP contribution in [0.25, 0.3) is 0 Å². The van der Waals surface area contributed by atoms with Gasteiger partial charge in [0.25, 0.3) is 0 Å². The highest BCUT2D eigenvalue weighted by Gasteiger charge is 2.40. The van der Waals surface area contributed by atoms with Crippen molar-refractivity contribution in [2.24, 2.45) is 5.92 Å². The van der Waals surface area contributed by atoms with Crippen LogP contribution in [0.4, 0.5) is 0 Å². The maximum absolute atomic E-state index is 12.7. The van der Waals surface area contributed by atoms with Crippen LogP contribution in [-0.4, -0.2) is 25.7 Å². The Labute approximate surface area is 151 Å². The molecule has 1 aromatic carbocycles. The molecular weight excluding hydrogens is 334 g/mol. The van der Waals surface area contributed by atoms with Crippen molar-refractivity contribution in [1.82, 2.24) is 0 Å². The zero-order valence-electron chi connectivity index (χ0n) is 16.0. The first-order valence-corrected chi connectivity index (χ1v) is 11.7. The van der Waals surface area contributed by atoms with Crippen molar-refractivity contribution in [1.29, 1.82) is 5.26 Å². The number of hydrogen-bond donors (Lipinski definition) is 0. The molecule has 6 heteroatoms. The quantitative estimate of drug-likeness (QED) is 0.435. The summed E-state index contributed by atoms with van der Waals surface area (Å²) < 4.78 is 11.6. The number of hydrogen-bond acceptors (Lipinski definition) is 5. The van der Waals surface area contributed by atoms with Gasteiger partial charge in [-0.05, 0) is 59.0 Å². The number of nitrogens with zero attached hydrogens (tertiary/aromatic N) is 1. The van der Waals surface area contributed by atoms with Gasteiger partial charge in [0, 0.05) is 0 Å². The average molecular weight is 362 g/mol. The minimum Gasteiger partial charge on any atom is -0.459 e. The number of Topliss-reactive ketones (excluding diaryl/α,β-unsaturated/α-hetero) is 1. The number of esters is 1. The summed E-state index contributed by atoms with van der Waals surface area (Å²) in [6.45, 7) is 12.5. The lowest BCUT2D eigenvalue weighted by Gasteiger charge is -2.32. The Morgan fingerprint density at radius 3 is 2.16 bits per heavy atom. The summed E-state index contributed by atoms with van der Waals surface area (Å²) in [5, 5.41) is 9.42. The monoisotopic (exact) mass is 361 g/mol. The maximum atomic E-state index is 12.7. The first-order valence-electron chi connectivity index (χ1n) is 8.26. The van der Waals surface area contributed by atoms with Crippen LogP contribution in [0.2, 0.25) is 19.6 Å². The van der Waals surface area contributed by atoms with E-state index in [1.165, 1.54) is 6.92 Å². The Bertz CT molecular complexity index is 680. The zero-order chi connectivity index (χ0) is 19.4. The number of benzene rings is 1. The van der Waals surface area contributed by atoms with Gasteiger partial charge in [-0.2, -0.15) is 5.26 Å². The molecule has 1 aromatic rings. The molecule has 5 nitrogen and oxygen atoms in total. The molecule has 0 aliphatic rings. The van der Waals surface area contributed by atoms with Crippen molar-refractivity contribution < 1.29 is 18.8 Å². The van der Waals surface area contributed by atoms with Crippen molar-refractivity contribution in [2.45, 2.75) is 59.0 Å². The van der Waals surface area contributed by atoms with Gasteiger partial charge in [-0.1, -0.05) is 18.2 Å². The Kier molecular flexibility index (Phi) is 6.69. The van der Waals surface area contributed by atoms with Crippen LogP contribution in [0.5, 0.6) is 0 Å². The van der Waals surface area contributed by atoms with Crippen LogP contribution < -0.4 is 0 Å². The van der Waals surface area contributed by atoms with Crippen LogP contribution in [0, 0.1) is 17.2 Å². The van der Waals surface area contributed by atoms with Crippen LogP contribution in [0.1, 0.15) is 44.9 Å². The third-order valence-electron chi connectivity index (χ3n) is 3.27. The van der Waals surface area contributed by atoms with Crippen LogP contribution in [-0.2, 0) is 18.8 Å². The third-order valence-corrected chi connectivity index (χ3v) is 4.23. The van der Waals surface area contributed by atoms with Crippen molar-refractivity contribution in [3.63, 3.8) is 0 Å². The van der Waals surface area contributed by atoms with Crippen molar-refractivity contribution >= 4 is 20.1 Å². The molecule has 0 fully saturated rings. The van der Waals surface area contributed by atoms with Crippen LogP contribution in [0.15, 0.2) is 24.3 Å². The van der Waals surface area contributed by atoms with Crippen molar-refractivity contribution in [3.05, 3.63) is 35.4 Å². The van der Waals surface area contributed by atoms with E-state index in [1.54, 1.807) is 45.0 Å². The second-order valence-electron chi connectivity index (χ2n) is 7.97. The molecule has 0 aromatic heterocycles. The van der Waals surface area contributed by atoms with E-state index >= 15 is 0 Å². The molecule has 0 aliphatic carbocycles. The predicted molar refractivity (Wildman–Crippen MR) is 98.3 cm³/mol. The predicted octanol–water partition coefficient (Wildman–Crippen LogP) is 4.00. The molecule has 0 heterocycles. The Morgan fingerprint density at radius 1 is 1.16 bits per heavy atom. The summed E-state index contributed by atoms with van der Waals surface area (Å²) in [4.78, 5) is 25.0. The van der Waals surface area contributed by atoms with Crippen LogP contribution in [0.3, 0.4) is 0 Å². The van der Waals surface area contributed by atoms with Gasteiger partial charge in [-0.15, -0.1) is 0 Å². The summed E-state index contributed by atoms with van der Waals surface area (Å²) in [7, 11) is -2.12.